The molecule has 0 radical (unpaired) electrons. The molecule has 3 nitrogen and oxygen atoms in total. The Hall–Kier alpha value is -1.64. The second-order valence-corrected chi connectivity index (χ2v) is 3.28. The Morgan fingerprint density at radius 2 is 2.21 bits per heavy atom. The Morgan fingerprint density at radius 3 is 2.86 bits per heavy atom. The summed E-state index contributed by atoms with van der Waals surface area (Å²) >= 11 is 0. The molecule has 0 bridgehead atoms. The fourth-order valence-corrected chi connectivity index (χ4v) is 1.47. The van der Waals surface area contributed by atoms with Gasteiger partial charge >= 0.3 is 0 Å². The molecule has 1 N–H and O–H groups in total. The van der Waals surface area contributed by atoms with Crippen LogP contribution in [0.1, 0.15) is 18.2 Å². The van der Waals surface area contributed by atoms with Gasteiger partial charge in [0.2, 0.25) is 0 Å². The van der Waals surface area contributed by atoms with Crippen LogP contribution in [0, 0.1) is 6.92 Å². The van der Waals surface area contributed by atoms with Crippen LogP contribution in [-0.2, 0) is 6.42 Å². The van der Waals surface area contributed by atoms with Crippen LogP contribution in [0.15, 0.2) is 24.5 Å². The first-order chi connectivity index (χ1) is 6.81. The molecule has 0 unspecified atom stereocenters. The van der Waals surface area contributed by atoms with E-state index in [1.807, 2.05) is 19.2 Å². The Labute approximate surface area is 83.2 Å². The number of aromatic nitrogens is 3. The number of aromatic amines is 1. The molecular weight excluding hydrogens is 174 g/mol. The Morgan fingerprint density at radius 1 is 1.36 bits per heavy atom. The minimum Gasteiger partial charge on any atom is -0.341 e. The van der Waals surface area contributed by atoms with E-state index in [4.69, 9.17) is 0 Å². The van der Waals surface area contributed by atoms with Crippen molar-refractivity contribution in [2.45, 2.75) is 20.3 Å². The van der Waals surface area contributed by atoms with Gasteiger partial charge < -0.3 is 4.98 Å². The second kappa shape index (κ2) is 3.62. The van der Waals surface area contributed by atoms with Gasteiger partial charge in [-0.3, -0.25) is 4.98 Å². The van der Waals surface area contributed by atoms with E-state index in [0.29, 0.717) is 0 Å². The van der Waals surface area contributed by atoms with Crippen LogP contribution >= 0.6 is 0 Å². The first-order valence-corrected chi connectivity index (χ1v) is 4.77. The van der Waals surface area contributed by atoms with Crippen molar-refractivity contribution in [2.75, 3.05) is 0 Å². The maximum Gasteiger partial charge on any atom is 0.156 e. The molecule has 0 spiro atoms. The highest BCUT2D eigenvalue weighted by Crippen LogP contribution is 2.17. The van der Waals surface area contributed by atoms with Gasteiger partial charge in [0.1, 0.15) is 5.69 Å². The average Bonchev–Trinajstić information content (AvgIpc) is 2.65. The smallest absolute Gasteiger partial charge is 0.156 e. The van der Waals surface area contributed by atoms with Gasteiger partial charge in [0.25, 0.3) is 0 Å². The van der Waals surface area contributed by atoms with Crippen LogP contribution in [0.25, 0.3) is 11.5 Å². The molecule has 0 atom stereocenters. The predicted molar refractivity (Wildman–Crippen MR) is 55.9 cm³/mol. The minimum atomic E-state index is 0.861. The molecule has 0 aliphatic carbocycles. The third-order valence-corrected chi connectivity index (χ3v) is 2.20. The summed E-state index contributed by atoms with van der Waals surface area (Å²) in [5.74, 6) is 0.861. The van der Waals surface area contributed by atoms with Crippen molar-refractivity contribution in [2.24, 2.45) is 0 Å². The van der Waals surface area contributed by atoms with Crippen molar-refractivity contribution in [3.63, 3.8) is 0 Å². The largest absolute Gasteiger partial charge is 0.341 e. The fourth-order valence-electron chi connectivity index (χ4n) is 1.47. The fraction of sp³-hybridized carbons (Fsp3) is 0.273. The number of rotatable bonds is 2. The van der Waals surface area contributed by atoms with E-state index in [9.17, 15) is 0 Å². The van der Waals surface area contributed by atoms with Crippen molar-refractivity contribution in [1.82, 2.24) is 15.0 Å². The third-order valence-electron chi connectivity index (χ3n) is 2.20. The Kier molecular flexibility index (Phi) is 2.31. The maximum atomic E-state index is 4.34. The van der Waals surface area contributed by atoms with Gasteiger partial charge in [-0.1, -0.05) is 13.0 Å². The van der Waals surface area contributed by atoms with Crippen LogP contribution in [0.3, 0.4) is 0 Å². The lowest BCUT2D eigenvalue weighted by molar-refractivity contribution is 1.09. The predicted octanol–water partition coefficient (Wildman–Crippen LogP) is 2.34. The SMILES string of the molecule is CCc1cccnc1-c1ncc(C)[nH]1. The number of imidazole rings is 1. The summed E-state index contributed by atoms with van der Waals surface area (Å²) in [5.41, 5.74) is 3.25. The van der Waals surface area contributed by atoms with Gasteiger partial charge in [0.15, 0.2) is 5.82 Å². The number of nitrogens with zero attached hydrogens (tertiary/aromatic N) is 2. The highest BCUT2D eigenvalue weighted by molar-refractivity contribution is 5.54. The molecule has 0 aliphatic rings. The molecule has 2 heterocycles. The number of H-pyrrole nitrogens is 1. The summed E-state index contributed by atoms with van der Waals surface area (Å²) in [6.45, 7) is 4.11. The Bertz CT molecular complexity index is 432. The zero-order chi connectivity index (χ0) is 9.97. The number of nitrogens with one attached hydrogen (secondary N) is 1. The van der Waals surface area contributed by atoms with Crippen LogP contribution in [0.2, 0.25) is 0 Å². The van der Waals surface area contributed by atoms with E-state index in [1.165, 1.54) is 5.56 Å². The Balaban J connectivity index is 2.50. The summed E-state index contributed by atoms with van der Waals surface area (Å²) in [5, 5.41) is 0. The topological polar surface area (TPSA) is 41.6 Å². The van der Waals surface area contributed by atoms with E-state index in [2.05, 4.69) is 27.9 Å². The molecular formula is C11H13N3. The normalized spacial score (nSPS) is 10.4. The highest BCUT2D eigenvalue weighted by Gasteiger charge is 2.06. The first-order valence-electron chi connectivity index (χ1n) is 4.77. The van der Waals surface area contributed by atoms with Gasteiger partial charge in [-0.05, 0) is 25.0 Å². The van der Waals surface area contributed by atoms with Crippen molar-refractivity contribution in [3.8, 4) is 11.5 Å². The standard InChI is InChI=1S/C11H13N3/c1-3-9-5-4-6-12-10(9)11-13-7-8(2)14-11/h4-7H,3H2,1-2H3,(H,13,14). The lowest BCUT2D eigenvalue weighted by Crippen LogP contribution is -1.92. The minimum absolute atomic E-state index is 0.861. The first kappa shape index (κ1) is 8.94. The second-order valence-electron chi connectivity index (χ2n) is 3.28. The zero-order valence-electron chi connectivity index (χ0n) is 8.41. The molecule has 14 heavy (non-hydrogen) atoms. The molecule has 0 aromatic carbocycles. The highest BCUT2D eigenvalue weighted by atomic mass is 14.9. The molecule has 0 saturated heterocycles. The van der Waals surface area contributed by atoms with Gasteiger partial charge in [0, 0.05) is 18.1 Å². The number of hydrogen-bond acceptors (Lipinski definition) is 2. The summed E-state index contributed by atoms with van der Waals surface area (Å²) < 4.78 is 0. The monoisotopic (exact) mass is 187 g/mol. The molecule has 2 aromatic heterocycles. The quantitative estimate of drug-likeness (QED) is 0.784. The van der Waals surface area contributed by atoms with Crippen molar-refractivity contribution in [3.05, 3.63) is 35.8 Å². The zero-order valence-corrected chi connectivity index (χ0v) is 8.41. The van der Waals surface area contributed by atoms with E-state index in [0.717, 1.165) is 23.6 Å². The molecule has 0 saturated carbocycles. The summed E-state index contributed by atoms with van der Waals surface area (Å²) in [7, 11) is 0. The van der Waals surface area contributed by atoms with E-state index < -0.39 is 0 Å². The van der Waals surface area contributed by atoms with Gasteiger partial charge in [-0.25, -0.2) is 4.98 Å². The molecule has 0 fully saturated rings. The van der Waals surface area contributed by atoms with E-state index >= 15 is 0 Å². The van der Waals surface area contributed by atoms with Crippen LogP contribution < -0.4 is 0 Å². The molecule has 0 aliphatic heterocycles. The molecule has 3 heteroatoms. The maximum absolute atomic E-state index is 4.34. The van der Waals surface area contributed by atoms with Crippen molar-refractivity contribution < 1.29 is 0 Å². The summed E-state index contributed by atoms with van der Waals surface area (Å²) in [6, 6.07) is 4.04. The van der Waals surface area contributed by atoms with E-state index in [-0.39, 0.29) is 0 Å². The lowest BCUT2D eigenvalue weighted by Gasteiger charge is -2.02. The third kappa shape index (κ3) is 1.53. The number of pyridine rings is 1. The van der Waals surface area contributed by atoms with Crippen molar-refractivity contribution >= 4 is 0 Å². The molecule has 2 rings (SSSR count). The number of hydrogen-bond donors (Lipinski definition) is 1. The molecule has 72 valence electrons. The summed E-state index contributed by atoms with van der Waals surface area (Å²) in [4.78, 5) is 11.8. The van der Waals surface area contributed by atoms with Crippen LogP contribution in [-0.4, -0.2) is 15.0 Å². The van der Waals surface area contributed by atoms with Gasteiger partial charge in [0.05, 0.1) is 0 Å². The van der Waals surface area contributed by atoms with Crippen molar-refractivity contribution in [1.29, 1.82) is 0 Å². The summed E-state index contributed by atoms with van der Waals surface area (Å²) in [6.07, 6.45) is 4.60. The average molecular weight is 187 g/mol. The van der Waals surface area contributed by atoms with E-state index in [1.54, 1.807) is 6.20 Å². The van der Waals surface area contributed by atoms with Gasteiger partial charge in [-0.15, -0.1) is 0 Å². The molecule has 0 amide bonds. The lowest BCUT2D eigenvalue weighted by atomic mass is 10.1. The molecule has 2 aromatic rings. The van der Waals surface area contributed by atoms with Crippen LogP contribution in [0.4, 0.5) is 0 Å². The number of aryl methyl sites for hydroxylation is 2. The van der Waals surface area contributed by atoms with Crippen LogP contribution in [0.5, 0.6) is 0 Å². The van der Waals surface area contributed by atoms with Gasteiger partial charge in [-0.2, -0.15) is 0 Å².